The van der Waals surface area contributed by atoms with Gasteiger partial charge in [0.25, 0.3) is 6.43 Å². The number of fused-ring (bicyclic) bond motifs is 3. The Balaban J connectivity index is 0.777. The van der Waals surface area contributed by atoms with Crippen LogP contribution in [0.5, 0.6) is 0 Å². The molecule has 7 heterocycles. The minimum atomic E-state index is -2.68. The number of aromatic nitrogens is 4. The number of anilines is 2. The maximum atomic E-state index is 14.7. The first-order valence-corrected chi connectivity index (χ1v) is 24.0. The molecule has 1 aliphatic carbocycles. The third kappa shape index (κ3) is 9.37. The minimum Gasteiger partial charge on any atom is -0.385 e. The molecule has 1 aromatic carbocycles. The van der Waals surface area contributed by atoms with Gasteiger partial charge in [-0.25, -0.2) is 13.6 Å². The summed E-state index contributed by atoms with van der Waals surface area (Å²) in [6.07, 6.45) is 13.6. The van der Waals surface area contributed by atoms with Gasteiger partial charge < -0.3 is 40.9 Å². The highest BCUT2D eigenvalue weighted by molar-refractivity contribution is 5.78. The number of aliphatic hydroxyl groups excluding tert-OH is 4. The van der Waals surface area contributed by atoms with Crippen molar-refractivity contribution < 1.29 is 34.0 Å². The maximum absolute atomic E-state index is 14.7. The smallest absolute Gasteiger partial charge is 0.317 e. The van der Waals surface area contributed by atoms with Crippen LogP contribution in [-0.2, 0) is 26.4 Å². The van der Waals surface area contributed by atoms with Crippen LogP contribution in [0, 0.1) is 0 Å². The average molecular weight is 919 g/mol. The predicted molar refractivity (Wildman–Crippen MR) is 245 cm³/mol. The van der Waals surface area contributed by atoms with Gasteiger partial charge in [0.15, 0.2) is 12.2 Å². The summed E-state index contributed by atoms with van der Waals surface area (Å²) >= 11 is 0. The molecular weight excluding hydrogens is 851 g/mol. The number of rotatable bonds is 14. The number of hydrogen-bond donors (Lipinski definition) is 7. The number of alkyl halides is 2. The Morgan fingerprint density at radius 3 is 2.53 bits per heavy atom. The second kappa shape index (κ2) is 20.0. The zero-order valence-electron chi connectivity index (χ0n) is 38.4. The van der Waals surface area contributed by atoms with Gasteiger partial charge in [-0.05, 0) is 100 Å². The molecule has 0 spiro atoms. The molecule has 0 saturated carbocycles. The van der Waals surface area contributed by atoms with Crippen LogP contribution in [0.1, 0.15) is 99.1 Å². The average Bonchev–Trinajstić information content (AvgIpc) is 4.00. The number of amides is 2. The molecule has 2 aromatic heterocycles. The molecule has 360 valence electrons. The Hall–Kier alpha value is -4.47. The summed E-state index contributed by atoms with van der Waals surface area (Å²) < 4.78 is 33.3. The molecule has 2 amide bonds. The summed E-state index contributed by atoms with van der Waals surface area (Å²) in [6, 6.07) is 3.06. The highest BCUT2D eigenvalue weighted by atomic mass is 19.3. The summed E-state index contributed by atoms with van der Waals surface area (Å²) in [4.78, 5) is 22.8. The Bertz CT molecular complexity index is 2240. The van der Waals surface area contributed by atoms with Crippen LogP contribution in [0.3, 0.4) is 0 Å². The molecule has 3 aromatic rings. The van der Waals surface area contributed by atoms with Crippen molar-refractivity contribution in [3.05, 3.63) is 70.8 Å². The van der Waals surface area contributed by atoms with Gasteiger partial charge in [-0.1, -0.05) is 18.9 Å². The number of urea groups is 1. The summed E-state index contributed by atoms with van der Waals surface area (Å²) in [7, 11) is 5.30. The van der Waals surface area contributed by atoms with E-state index in [1.807, 2.05) is 22.9 Å². The maximum Gasteiger partial charge on any atom is 0.317 e. The minimum absolute atomic E-state index is 0.0344. The fraction of sp³-hybridized carbons (Fsp3) is 0.638. The normalized spacial score (nSPS) is 26.9. The molecule has 6 aliphatic rings. The molecule has 17 nitrogen and oxygen atoms in total. The zero-order chi connectivity index (χ0) is 46.2. The molecule has 0 bridgehead atoms. The van der Waals surface area contributed by atoms with Crippen molar-refractivity contribution in [3.8, 4) is 11.1 Å². The third-order valence-corrected chi connectivity index (χ3v) is 14.9. The molecule has 7 atom stereocenters. The van der Waals surface area contributed by atoms with E-state index in [-0.39, 0.29) is 35.8 Å². The SMILES string of the molecule is CNC(=O)N1CCc2c(c(N3CCCc4cc(-c5cnn(C)c5)c(C(F)F)cc43)nn2C2CCN(C(O)CCCCCCNC3=CC4C(C=C3)N(C3CCC(O)NC3O)C(O)N4C)CC2)C1. The van der Waals surface area contributed by atoms with E-state index in [1.165, 1.54) is 0 Å². The number of unbranched alkanes of at least 4 members (excludes halogenated alkanes) is 3. The van der Waals surface area contributed by atoms with Crippen LogP contribution in [0.4, 0.5) is 25.1 Å². The fourth-order valence-corrected chi connectivity index (χ4v) is 11.3. The van der Waals surface area contributed by atoms with Crippen LogP contribution < -0.4 is 20.9 Å². The van der Waals surface area contributed by atoms with Gasteiger partial charge in [0.2, 0.25) is 0 Å². The van der Waals surface area contributed by atoms with Gasteiger partial charge in [-0.15, -0.1) is 0 Å². The zero-order valence-corrected chi connectivity index (χ0v) is 38.4. The van der Waals surface area contributed by atoms with Crippen LogP contribution in [0.25, 0.3) is 11.1 Å². The number of hydrogen-bond acceptors (Lipinski definition) is 13. The summed E-state index contributed by atoms with van der Waals surface area (Å²) in [6.45, 7) is 3.87. The number of likely N-dealkylation sites (tertiary alicyclic amines) is 1. The number of piperidine rings is 2. The van der Waals surface area contributed by atoms with Crippen LogP contribution in [-0.4, -0.2) is 156 Å². The first-order chi connectivity index (χ1) is 31.9. The number of nitrogens with zero attached hydrogens (tertiary/aromatic N) is 9. The number of aliphatic hydroxyl groups is 4. The van der Waals surface area contributed by atoms with Gasteiger partial charge in [0, 0.05) is 93.2 Å². The predicted octanol–water partition coefficient (Wildman–Crippen LogP) is 3.60. The van der Waals surface area contributed by atoms with Gasteiger partial charge in [0.05, 0.1) is 36.9 Å². The van der Waals surface area contributed by atoms with Crippen molar-refractivity contribution in [2.45, 2.75) is 139 Å². The third-order valence-electron chi connectivity index (χ3n) is 14.9. The number of carbonyl (C=O) groups is 1. The number of likely N-dealkylation sites (N-methyl/N-ethyl adjacent to an activating group) is 1. The lowest BCUT2D eigenvalue weighted by molar-refractivity contribution is -0.126. The number of benzene rings is 1. The lowest BCUT2D eigenvalue weighted by Gasteiger charge is -2.41. The molecule has 66 heavy (non-hydrogen) atoms. The molecule has 7 N–H and O–H groups in total. The van der Waals surface area contributed by atoms with E-state index in [4.69, 9.17) is 5.10 Å². The second-order valence-electron chi connectivity index (χ2n) is 19.0. The molecule has 5 aliphatic heterocycles. The second-order valence-corrected chi connectivity index (χ2v) is 19.0. The fourth-order valence-electron chi connectivity index (χ4n) is 11.3. The summed E-state index contributed by atoms with van der Waals surface area (Å²) in [5.41, 5.74) is 5.93. The van der Waals surface area contributed by atoms with Gasteiger partial charge in [0.1, 0.15) is 18.7 Å². The Morgan fingerprint density at radius 2 is 1.79 bits per heavy atom. The van der Waals surface area contributed by atoms with E-state index >= 15 is 0 Å². The highest BCUT2D eigenvalue weighted by Crippen LogP contribution is 2.44. The number of halogens is 2. The number of allylic oxidation sites excluding steroid dienone is 1. The Labute approximate surface area is 385 Å². The van der Waals surface area contributed by atoms with Gasteiger partial charge in [-0.3, -0.25) is 29.4 Å². The number of carbonyl (C=O) groups excluding carboxylic acids is 1. The van der Waals surface area contributed by atoms with E-state index in [0.29, 0.717) is 56.4 Å². The van der Waals surface area contributed by atoms with Crippen molar-refractivity contribution in [2.24, 2.45) is 7.05 Å². The molecule has 9 rings (SSSR count). The Morgan fingerprint density at radius 1 is 0.985 bits per heavy atom. The van der Waals surface area contributed by atoms with Crippen molar-refractivity contribution in [1.82, 2.24) is 55.1 Å². The van der Waals surface area contributed by atoms with E-state index in [9.17, 15) is 34.0 Å². The molecular formula is C47H68F2N12O5. The first-order valence-electron chi connectivity index (χ1n) is 24.0. The van der Waals surface area contributed by atoms with E-state index < -0.39 is 31.5 Å². The molecule has 7 unspecified atom stereocenters. The first kappa shape index (κ1) is 46.6. The standard InChI is InChI=1S/C47H68F2N12O5/c1-50-46(65)58-22-17-36-35(28-58)44(59-19-8-9-29-23-33(30-26-52-55(2)27-30)34(43(48)49)25-39(29)59)54-61(36)32-15-20-57(21-16-32)42(63)10-6-4-5-7-18-51-31-11-12-37-40(24-31)56(3)47(66)60(37)38-13-14-41(62)53-45(38)64/h11-12,23-27,32,37-38,40-43,45,47,51,53,62-64,66H,4-10,13-22,28H2,1-3H3,(H,50,65). The van der Waals surface area contributed by atoms with Crippen molar-refractivity contribution in [2.75, 3.05) is 51.7 Å². The summed E-state index contributed by atoms with van der Waals surface area (Å²) in [5, 5.41) is 61.5. The van der Waals surface area contributed by atoms with E-state index in [2.05, 4.69) is 53.8 Å². The van der Waals surface area contributed by atoms with Crippen LogP contribution >= 0.6 is 0 Å². The number of nitrogens with one attached hydrogen (secondary N) is 3. The quantitative estimate of drug-likeness (QED) is 0.117. The Kier molecular flexibility index (Phi) is 14.1. The van der Waals surface area contributed by atoms with E-state index in [1.54, 1.807) is 42.1 Å². The molecule has 3 fully saturated rings. The van der Waals surface area contributed by atoms with Crippen molar-refractivity contribution >= 4 is 17.5 Å². The molecule has 0 radical (unpaired) electrons. The topological polar surface area (TPSA) is 186 Å². The van der Waals surface area contributed by atoms with Crippen LogP contribution in [0.2, 0.25) is 0 Å². The van der Waals surface area contributed by atoms with Crippen molar-refractivity contribution in [3.63, 3.8) is 0 Å². The number of aryl methyl sites for hydroxylation is 2. The van der Waals surface area contributed by atoms with Crippen LogP contribution in [0.15, 0.2) is 48.5 Å². The van der Waals surface area contributed by atoms with Crippen molar-refractivity contribution in [1.29, 1.82) is 0 Å². The largest absolute Gasteiger partial charge is 0.385 e. The highest BCUT2D eigenvalue weighted by Gasteiger charge is 2.49. The monoisotopic (exact) mass is 919 g/mol. The molecule has 19 heteroatoms. The summed E-state index contributed by atoms with van der Waals surface area (Å²) in [5.74, 6) is 0.733. The molecule has 3 saturated heterocycles. The van der Waals surface area contributed by atoms with Gasteiger partial charge in [-0.2, -0.15) is 10.2 Å². The lowest BCUT2D eigenvalue weighted by atomic mass is 9.92. The van der Waals surface area contributed by atoms with E-state index in [0.717, 1.165) is 105 Å². The lowest BCUT2D eigenvalue weighted by Crippen LogP contribution is -2.60. The van der Waals surface area contributed by atoms with Gasteiger partial charge >= 0.3 is 6.03 Å².